The van der Waals surface area contributed by atoms with E-state index in [1.54, 1.807) is 6.07 Å². The average molecular weight is 240 g/mol. The third-order valence-corrected chi connectivity index (χ3v) is 2.63. The third kappa shape index (κ3) is 3.97. The zero-order chi connectivity index (χ0) is 12.1. The first-order valence-electron chi connectivity index (χ1n) is 5.26. The number of aliphatic hydroxyl groups is 1. The molecule has 0 aliphatic heterocycles. The summed E-state index contributed by atoms with van der Waals surface area (Å²) < 4.78 is 0. The van der Waals surface area contributed by atoms with Crippen LogP contribution in [0.1, 0.15) is 18.6 Å². The number of rotatable bonds is 5. The molecule has 2 nitrogen and oxygen atoms in total. The molecule has 1 unspecified atom stereocenters. The highest BCUT2D eigenvalue weighted by Crippen LogP contribution is 2.22. The second-order valence-electron chi connectivity index (χ2n) is 4.19. The maximum atomic E-state index is 10.0. The largest absolute Gasteiger partial charge is 0.387 e. The molecule has 3 heteroatoms. The molecule has 88 valence electrons. The van der Waals surface area contributed by atoms with Gasteiger partial charge in [-0.2, -0.15) is 0 Å². The summed E-state index contributed by atoms with van der Waals surface area (Å²) in [4.78, 5) is 2.02. The number of halogens is 1. The van der Waals surface area contributed by atoms with Crippen molar-refractivity contribution in [2.75, 3.05) is 20.1 Å². The first kappa shape index (κ1) is 13.2. The van der Waals surface area contributed by atoms with Gasteiger partial charge < -0.3 is 5.11 Å². The smallest absolute Gasteiger partial charge is 0.0931 e. The van der Waals surface area contributed by atoms with Crippen molar-refractivity contribution in [2.24, 2.45) is 0 Å². The Morgan fingerprint density at radius 1 is 1.50 bits per heavy atom. The number of hydrogen-bond donors (Lipinski definition) is 1. The van der Waals surface area contributed by atoms with E-state index in [9.17, 15) is 5.11 Å². The summed E-state index contributed by atoms with van der Waals surface area (Å²) in [6.45, 7) is 7.15. The second kappa shape index (κ2) is 6.04. The van der Waals surface area contributed by atoms with Gasteiger partial charge in [-0.3, -0.25) is 4.90 Å². The highest BCUT2D eigenvalue weighted by molar-refractivity contribution is 6.31. The van der Waals surface area contributed by atoms with E-state index >= 15 is 0 Å². The van der Waals surface area contributed by atoms with Crippen LogP contribution in [-0.2, 0) is 0 Å². The summed E-state index contributed by atoms with van der Waals surface area (Å²) in [6, 6.07) is 7.37. The van der Waals surface area contributed by atoms with E-state index in [-0.39, 0.29) is 0 Å². The lowest BCUT2D eigenvalue weighted by Crippen LogP contribution is -2.26. The molecule has 16 heavy (non-hydrogen) atoms. The number of nitrogens with zero attached hydrogens (tertiary/aromatic N) is 1. The van der Waals surface area contributed by atoms with Crippen LogP contribution in [0.2, 0.25) is 5.02 Å². The van der Waals surface area contributed by atoms with E-state index in [4.69, 9.17) is 11.6 Å². The lowest BCUT2D eigenvalue weighted by Gasteiger charge is -2.21. The Morgan fingerprint density at radius 2 is 2.12 bits per heavy atom. The standard InChI is InChI=1S/C13H18ClNO/c1-10(2)8-15(3)9-13(16)11-6-4-5-7-12(11)14/h4-7,13,16H,1,8-9H2,2-3H3. The van der Waals surface area contributed by atoms with Gasteiger partial charge >= 0.3 is 0 Å². The van der Waals surface area contributed by atoms with Gasteiger partial charge in [0.1, 0.15) is 0 Å². The third-order valence-electron chi connectivity index (χ3n) is 2.29. The van der Waals surface area contributed by atoms with Crippen LogP contribution in [0.25, 0.3) is 0 Å². The van der Waals surface area contributed by atoms with E-state index in [0.717, 1.165) is 17.7 Å². The fourth-order valence-corrected chi connectivity index (χ4v) is 1.93. The van der Waals surface area contributed by atoms with Gasteiger partial charge in [-0.15, -0.1) is 0 Å². The molecule has 0 aliphatic carbocycles. The van der Waals surface area contributed by atoms with Crippen LogP contribution in [0.15, 0.2) is 36.4 Å². The van der Waals surface area contributed by atoms with Crippen LogP contribution >= 0.6 is 11.6 Å². The minimum absolute atomic E-state index is 0.552. The molecular weight excluding hydrogens is 222 g/mol. The van der Waals surface area contributed by atoms with Crippen molar-refractivity contribution >= 4 is 11.6 Å². The summed E-state index contributed by atoms with van der Waals surface area (Å²) in [7, 11) is 1.95. The highest BCUT2D eigenvalue weighted by atomic mass is 35.5. The Morgan fingerprint density at radius 3 is 2.69 bits per heavy atom. The normalized spacial score (nSPS) is 12.8. The molecule has 0 spiro atoms. The molecule has 1 atom stereocenters. The topological polar surface area (TPSA) is 23.5 Å². The Bertz CT molecular complexity index is 365. The molecule has 0 fully saturated rings. The lowest BCUT2D eigenvalue weighted by atomic mass is 10.1. The molecule has 1 N–H and O–H groups in total. The van der Waals surface area contributed by atoms with Gasteiger partial charge in [0, 0.05) is 23.7 Å². The predicted octanol–water partition coefficient (Wildman–Crippen LogP) is 2.88. The summed E-state index contributed by atoms with van der Waals surface area (Å²) in [5.41, 5.74) is 1.85. The molecule has 0 aromatic heterocycles. The Balaban J connectivity index is 2.62. The fraction of sp³-hybridized carbons (Fsp3) is 0.385. The second-order valence-corrected chi connectivity index (χ2v) is 4.60. The molecule has 0 radical (unpaired) electrons. The number of hydrogen-bond acceptors (Lipinski definition) is 2. The molecular formula is C13H18ClNO. The van der Waals surface area contributed by atoms with E-state index in [1.165, 1.54) is 0 Å². The molecule has 0 amide bonds. The van der Waals surface area contributed by atoms with Crippen molar-refractivity contribution in [3.05, 3.63) is 47.0 Å². The first-order valence-corrected chi connectivity index (χ1v) is 5.64. The molecule has 0 heterocycles. The van der Waals surface area contributed by atoms with Crippen LogP contribution < -0.4 is 0 Å². The van der Waals surface area contributed by atoms with E-state index in [1.807, 2.05) is 37.1 Å². The van der Waals surface area contributed by atoms with Crippen molar-refractivity contribution in [1.29, 1.82) is 0 Å². The molecule has 0 saturated carbocycles. The zero-order valence-corrected chi connectivity index (χ0v) is 10.5. The maximum Gasteiger partial charge on any atom is 0.0931 e. The molecule has 0 aliphatic rings. The fourth-order valence-electron chi connectivity index (χ4n) is 1.66. The van der Waals surface area contributed by atoms with Crippen LogP contribution in [0.4, 0.5) is 0 Å². The van der Waals surface area contributed by atoms with Gasteiger partial charge in [-0.25, -0.2) is 0 Å². The van der Waals surface area contributed by atoms with Crippen LogP contribution in [0.5, 0.6) is 0 Å². The van der Waals surface area contributed by atoms with Gasteiger partial charge in [0.05, 0.1) is 6.10 Å². The molecule has 1 aromatic rings. The monoisotopic (exact) mass is 239 g/mol. The predicted molar refractivity (Wildman–Crippen MR) is 68.7 cm³/mol. The van der Waals surface area contributed by atoms with Gasteiger partial charge in [0.25, 0.3) is 0 Å². The minimum atomic E-state index is -0.557. The Labute approximate surface area is 102 Å². The molecule has 0 saturated heterocycles. The summed E-state index contributed by atoms with van der Waals surface area (Å²) >= 11 is 6.01. The van der Waals surface area contributed by atoms with Crippen LogP contribution in [-0.4, -0.2) is 30.1 Å². The highest BCUT2D eigenvalue weighted by Gasteiger charge is 2.13. The SMILES string of the molecule is C=C(C)CN(C)CC(O)c1ccccc1Cl. The maximum absolute atomic E-state index is 10.0. The first-order chi connectivity index (χ1) is 7.50. The summed E-state index contributed by atoms with van der Waals surface area (Å²) in [6.07, 6.45) is -0.557. The lowest BCUT2D eigenvalue weighted by molar-refractivity contribution is 0.131. The van der Waals surface area contributed by atoms with E-state index < -0.39 is 6.10 Å². The number of aliphatic hydroxyl groups excluding tert-OH is 1. The Kier molecular flexibility index (Phi) is 5.00. The van der Waals surface area contributed by atoms with Crippen molar-refractivity contribution < 1.29 is 5.11 Å². The van der Waals surface area contributed by atoms with Gasteiger partial charge in [0.2, 0.25) is 0 Å². The van der Waals surface area contributed by atoms with Crippen LogP contribution in [0, 0.1) is 0 Å². The Hall–Kier alpha value is -0.830. The quantitative estimate of drug-likeness (QED) is 0.799. The minimum Gasteiger partial charge on any atom is -0.387 e. The zero-order valence-electron chi connectivity index (χ0n) is 9.78. The van der Waals surface area contributed by atoms with E-state index in [2.05, 4.69) is 6.58 Å². The van der Waals surface area contributed by atoms with Gasteiger partial charge in [-0.05, 0) is 20.0 Å². The van der Waals surface area contributed by atoms with Crippen molar-refractivity contribution in [1.82, 2.24) is 4.90 Å². The summed E-state index contributed by atoms with van der Waals surface area (Å²) in [5, 5.41) is 10.6. The average Bonchev–Trinajstić information content (AvgIpc) is 2.16. The van der Waals surface area contributed by atoms with Gasteiger partial charge in [0.15, 0.2) is 0 Å². The molecule has 1 rings (SSSR count). The van der Waals surface area contributed by atoms with Crippen molar-refractivity contribution in [3.63, 3.8) is 0 Å². The van der Waals surface area contributed by atoms with Gasteiger partial charge in [-0.1, -0.05) is 42.0 Å². The van der Waals surface area contributed by atoms with E-state index in [0.29, 0.717) is 11.6 Å². The molecule has 0 bridgehead atoms. The molecule has 1 aromatic carbocycles. The number of likely N-dealkylation sites (N-methyl/N-ethyl adjacent to an activating group) is 1. The summed E-state index contributed by atoms with van der Waals surface area (Å²) in [5.74, 6) is 0. The van der Waals surface area contributed by atoms with Crippen LogP contribution in [0.3, 0.4) is 0 Å². The van der Waals surface area contributed by atoms with Crippen molar-refractivity contribution in [3.8, 4) is 0 Å². The number of benzene rings is 1. The van der Waals surface area contributed by atoms with Crippen molar-refractivity contribution in [2.45, 2.75) is 13.0 Å².